The molecule has 9 heteroatoms. The van der Waals surface area contributed by atoms with Crippen molar-refractivity contribution in [3.63, 3.8) is 0 Å². The highest BCUT2D eigenvalue weighted by Gasteiger charge is 2.27. The van der Waals surface area contributed by atoms with Crippen LogP contribution >= 0.6 is 0 Å². The molecular formula is C25H35N3O5S. The summed E-state index contributed by atoms with van der Waals surface area (Å²) in [6.07, 6.45) is 1.53. The smallest absolute Gasteiger partial charge is 0.242 e. The number of sulfonamides is 1. The summed E-state index contributed by atoms with van der Waals surface area (Å²) in [4.78, 5) is 27.4. The van der Waals surface area contributed by atoms with E-state index in [2.05, 4.69) is 5.32 Å². The van der Waals surface area contributed by atoms with Gasteiger partial charge in [-0.15, -0.1) is 0 Å². The Morgan fingerprint density at radius 3 is 2.29 bits per heavy atom. The molecule has 0 radical (unpaired) electrons. The van der Waals surface area contributed by atoms with Crippen molar-refractivity contribution < 1.29 is 22.7 Å². The zero-order chi connectivity index (χ0) is 25.3. The minimum Gasteiger partial charge on any atom is -0.497 e. The van der Waals surface area contributed by atoms with Gasteiger partial charge in [-0.05, 0) is 44.9 Å². The Morgan fingerprint density at radius 2 is 1.71 bits per heavy atom. The van der Waals surface area contributed by atoms with Gasteiger partial charge in [0.15, 0.2) is 0 Å². The predicted octanol–water partition coefficient (Wildman–Crippen LogP) is 3.18. The normalized spacial score (nSPS) is 12.2. The Kier molecular flexibility index (Phi) is 9.92. The van der Waals surface area contributed by atoms with Gasteiger partial charge in [0, 0.05) is 31.6 Å². The SMILES string of the molecule is COc1cccc(N(CCCC(=O)N(Cc2ccccc2)[C@H](C)C(=O)NC(C)C)S(C)(=O)=O)c1. The number of ether oxygens (including phenoxy) is 1. The Morgan fingerprint density at radius 1 is 1.03 bits per heavy atom. The van der Waals surface area contributed by atoms with Crippen LogP contribution in [0.3, 0.4) is 0 Å². The van der Waals surface area contributed by atoms with Crippen LogP contribution in [0, 0.1) is 0 Å². The molecule has 0 heterocycles. The Bertz CT molecular complexity index is 1060. The van der Waals surface area contributed by atoms with E-state index in [-0.39, 0.29) is 37.4 Å². The van der Waals surface area contributed by atoms with Gasteiger partial charge >= 0.3 is 0 Å². The van der Waals surface area contributed by atoms with E-state index in [1.54, 1.807) is 36.1 Å². The van der Waals surface area contributed by atoms with Crippen LogP contribution in [0.4, 0.5) is 5.69 Å². The molecule has 0 unspecified atom stereocenters. The minimum atomic E-state index is -3.56. The molecule has 186 valence electrons. The number of nitrogens with zero attached hydrogens (tertiary/aromatic N) is 2. The van der Waals surface area contributed by atoms with Gasteiger partial charge in [-0.2, -0.15) is 0 Å². The maximum Gasteiger partial charge on any atom is 0.242 e. The Balaban J connectivity index is 2.15. The highest BCUT2D eigenvalue weighted by atomic mass is 32.2. The molecule has 0 spiro atoms. The van der Waals surface area contributed by atoms with E-state index in [9.17, 15) is 18.0 Å². The van der Waals surface area contributed by atoms with E-state index in [0.717, 1.165) is 11.8 Å². The van der Waals surface area contributed by atoms with E-state index in [0.29, 0.717) is 17.9 Å². The standard InChI is InChI=1S/C25H35N3O5S/c1-19(2)26-25(30)20(3)27(18-21-11-7-6-8-12-21)24(29)15-10-16-28(34(5,31)32)22-13-9-14-23(17-22)33-4/h6-9,11-14,17,19-20H,10,15-16,18H2,1-5H3,(H,26,30)/t20-/m1/s1. The molecule has 2 aromatic carbocycles. The molecule has 34 heavy (non-hydrogen) atoms. The minimum absolute atomic E-state index is 0.0465. The predicted molar refractivity (Wildman–Crippen MR) is 134 cm³/mol. The van der Waals surface area contributed by atoms with Crippen molar-refractivity contribution in [3.8, 4) is 5.75 Å². The average molecular weight is 490 g/mol. The lowest BCUT2D eigenvalue weighted by Crippen LogP contribution is -2.49. The van der Waals surface area contributed by atoms with Gasteiger partial charge in [-0.1, -0.05) is 36.4 Å². The monoisotopic (exact) mass is 489 g/mol. The number of carbonyl (C=O) groups is 2. The first-order valence-electron chi connectivity index (χ1n) is 11.3. The lowest BCUT2D eigenvalue weighted by Gasteiger charge is -2.30. The summed E-state index contributed by atoms with van der Waals surface area (Å²) >= 11 is 0. The molecule has 0 aliphatic heterocycles. The van der Waals surface area contributed by atoms with Gasteiger partial charge in [0.25, 0.3) is 0 Å². The summed E-state index contributed by atoms with van der Waals surface area (Å²) < 4.78 is 31.3. The van der Waals surface area contributed by atoms with Crippen LogP contribution in [0.2, 0.25) is 0 Å². The molecule has 0 bridgehead atoms. The van der Waals surface area contributed by atoms with Crippen molar-refractivity contribution in [1.29, 1.82) is 0 Å². The quantitative estimate of drug-likeness (QED) is 0.494. The molecule has 0 saturated carbocycles. The third-order valence-corrected chi connectivity index (χ3v) is 6.48. The highest BCUT2D eigenvalue weighted by molar-refractivity contribution is 7.92. The van der Waals surface area contributed by atoms with Crippen LogP contribution < -0.4 is 14.4 Å². The Labute approximate surface area is 202 Å². The van der Waals surface area contributed by atoms with Crippen LogP contribution in [0.15, 0.2) is 54.6 Å². The first-order chi connectivity index (χ1) is 16.0. The molecule has 0 aromatic heterocycles. The van der Waals surface area contributed by atoms with Crippen molar-refractivity contribution >= 4 is 27.5 Å². The molecule has 0 saturated heterocycles. The molecule has 2 aromatic rings. The zero-order valence-corrected chi connectivity index (χ0v) is 21.3. The maximum absolute atomic E-state index is 13.2. The number of benzene rings is 2. The molecule has 0 fully saturated rings. The first-order valence-corrected chi connectivity index (χ1v) is 13.1. The number of rotatable bonds is 12. The number of methoxy groups -OCH3 is 1. The number of nitrogens with one attached hydrogen (secondary N) is 1. The van der Waals surface area contributed by atoms with E-state index in [1.165, 1.54) is 11.4 Å². The number of carbonyl (C=O) groups excluding carboxylic acids is 2. The third kappa shape index (κ3) is 8.06. The third-order valence-electron chi connectivity index (χ3n) is 5.29. The van der Waals surface area contributed by atoms with Crippen LogP contribution in [0.5, 0.6) is 5.75 Å². The average Bonchev–Trinajstić information content (AvgIpc) is 2.79. The van der Waals surface area contributed by atoms with Crippen molar-refractivity contribution in [2.24, 2.45) is 0 Å². The fourth-order valence-electron chi connectivity index (χ4n) is 3.54. The first kappa shape index (κ1) is 27.2. The van der Waals surface area contributed by atoms with Gasteiger partial charge in [-0.25, -0.2) is 8.42 Å². The summed E-state index contributed by atoms with van der Waals surface area (Å²) in [7, 11) is -2.05. The number of hydrogen-bond donors (Lipinski definition) is 1. The van der Waals surface area contributed by atoms with Crippen molar-refractivity contribution in [1.82, 2.24) is 10.2 Å². The van der Waals surface area contributed by atoms with Crippen LogP contribution in [-0.4, -0.2) is 57.1 Å². The topological polar surface area (TPSA) is 96.0 Å². The second-order valence-corrected chi connectivity index (χ2v) is 10.4. The molecule has 2 rings (SSSR count). The number of anilines is 1. The van der Waals surface area contributed by atoms with Gasteiger partial charge in [-0.3, -0.25) is 13.9 Å². The lowest BCUT2D eigenvalue weighted by molar-refractivity contribution is -0.140. The van der Waals surface area contributed by atoms with Crippen molar-refractivity contribution in [2.45, 2.75) is 52.2 Å². The van der Waals surface area contributed by atoms with E-state index >= 15 is 0 Å². The summed E-state index contributed by atoms with van der Waals surface area (Å²) in [6.45, 7) is 5.86. The summed E-state index contributed by atoms with van der Waals surface area (Å²) in [5, 5.41) is 2.86. The molecule has 0 aliphatic rings. The van der Waals surface area contributed by atoms with Crippen molar-refractivity contribution in [2.75, 3.05) is 24.2 Å². The molecule has 2 amide bonds. The van der Waals surface area contributed by atoms with Gasteiger partial charge < -0.3 is 15.0 Å². The van der Waals surface area contributed by atoms with E-state index < -0.39 is 16.1 Å². The van der Waals surface area contributed by atoms with E-state index in [1.807, 2.05) is 44.2 Å². The molecular weight excluding hydrogens is 454 g/mol. The second kappa shape index (κ2) is 12.4. The zero-order valence-electron chi connectivity index (χ0n) is 20.5. The van der Waals surface area contributed by atoms with Crippen LogP contribution in [0.1, 0.15) is 39.2 Å². The van der Waals surface area contributed by atoms with Crippen LogP contribution in [-0.2, 0) is 26.2 Å². The van der Waals surface area contributed by atoms with Gasteiger partial charge in [0.2, 0.25) is 21.8 Å². The Hall–Kier alpha value is -3.07. The van der Waals surface area contributed by atoms with Crippen molar-refractivity contribution in [3.05, 3.63) is 60.2 Å². The maximum atomic E-state index is 13.2. The molecule has 1 atom stereocenters. The molecule has 0 aliphatic carbocycles. The molecule has 8 nitrogen and oxygen atoms in total. The van der Waals surface area contributed by atoms with Crippen LogP contribution in [0.25, 0.3) is 0 Å². The lowest BCUT2D eigenvalue weighted by atomic mass is 10.1. The van der Waals surface area contributed by atoms with Gasteiger partial charge in [0.1, 0.15) is 11.8 Å². The summed E-state index contributed by atoms with van der Waals surface area (Å²) in [5.74, 6) is 0.101. The largest absolute Gasteiger partial charge is 0.497 e. The summed E-state index contributed by atoms with van der Waals surface area (Å²) in [5.41, 5.74) is 1.38. The second-order valence-electron chi connectivity index (χ2n) is 8.49. The fourth-order valence-corrected chi connectivity index (χ4v) is 4.49. The van der Waals surface area contributed by atoms with E-state index in [4.69, 9.17) is 4.74 Å². The fraction of sp³-hybridized carbons (Fsp3) is 0.440. The molecule has 1 N–H and O–H groups in total. The summed E-state index contributed by atoms with van der Waals surface area (Å²) in [6, 6.07) is 15.5. The number of hydrogen-bond acceptors (Lipinski definition) is 5. The van der Waals surface area contributed by atoms with Gasteiger partial charge in [0.05, 0.1) is 19.1 Å². The highest BCUT2D eigenvalue weighted by Crippen LogP contribution is 2.23. The number of amides is 2.